The number of likely N-dealkylation sites (N-methyl/N-ethyl adjacent to an activating group) is 1. The lowest BCUT2D eigenvalue weighted by Crippen LogP contribution is -2.49. The predicted octanol–water partition coefficient (Wildman–Crippen LogP) is -1.62. The van der Waals surface area contributed by atoms with E-state index in [1.807, 2.05) is 0 Å². The fourth-order valence-electron chi connectivity index (χ4n) is 3.67. The van der Waals surface area contributed by atoms with E-state index < -0.39 is 35.4 Å². The molecule has 4 rings (SSSR count). The van der Waals surface area contributed by atoms with E-state index in [9.17, 15) is 25.1 Å². The molecule has 32 heavy (non-hydrogen) atoms. The van der Waals surface area contributed by atoms with Gasteiger partial charge in [-0.3, -0.25) is 19.5 Å². The van der Waals surface area contributed by atoms with Crippen LogP contribution in [0.5, 0.6) is 0 Å². The molecule has 0 radical (unpaired) electrons. The van der Waals surface area contributed by atoms with Crippen molar-refractivity contribution in [2.24, 2.45) is 0 Å². The van der Waals surface area contributed by atoms with Gasteiger partial charge in [-0.05, 0) is 13.0 Å². The van der Waals surface area contributed by atoms with Crippen LogP contribution in [0.1, 0.15) is 18.7 Å². The summed E-state index contributed by atoms with van der Waals surface area (Å²) in [5.41, 5.74) is 7.10. The minimum atomic E-state index is -1.69. The standard InChI is InChI=1S/C19H20N7O6/c1-2-21-18(29)15-13(27)14(28)19(32-15)25-9-22-12-16(20)24(8-23-17(12)25)7-10-5-3-4-6-11(10)26(30)31/h3-6,8-9,13-15,19-20,28H,2,7H2,1H3,(H,21,29)/q-1/p+1/t13-,14+,15-,19+/m0/s1. The number of rotatable bonds is 6. The third-order valence-corrected chi connectivity index (χ3v) is 5.26. The highest BCUT2D eigenvalue weighted by Crippen LogP contribution is 2.31. The Morgan fingerprint density at radius 3 is 2.88 bits per heavy atom. The van der Waals surface area contributed by atoms with Gasteiger partial charge in [-0.1, -0.05) is 23.2 Å². The SMILES string of the molecule is CCNC(=O)[C@H]1O[C@@H](n2cnc3c(N)[n+](Cc4ccccc4[N+](=O)[O-])cnc32)[C@H](O)[C@@H]1[O-]. The summed E-state index contributed by atoms with van der Waals surface area (Å²) in [6.45, 7) is 2.11. The fourth-order valence-corrected chi connectivity index (χ4v) is 3.67. The number of aromatic nitrogens is 4. The third kappa shape index (κ3) is 3.62. The number of nitro benzene ring substituents is 1. The molecule has 1 aromatic carbocycles. The summed E-state index contributed by atoms with van der Waals surface area (Å²) in [5, 5.41) is 36.5. The molecular weight excluding hydrogens is 422 g/mol. The lowest BCUT2D eigenvalue weighted by atomic mass is 10.1. The number of aliphatic hydroxyl groups is 1. The van der Waals surface area contributed by atoms with Gasteiger partial charge in [-0.2, -0.15) is 0 Å². The second kappa shape index (κ2) is 8.45. The first-order valence-electron chi connectivity index (χ1n) is 9.83. The summed E-state index contributed by atoms with van der Waals surface area (Å²) in [6.07, 6.45) is -3.05. The van der Waals surface area contributed by atoms with Crippen molar-refractivity contribution in [3.8, 4) is 0 Å². The molecule has 3 heterocycles. The third-order valence-electron chi connectivity index (χ3n) is 5.26. The molecule has 4 atom stereocenters. The van der Waals surface area contributed by atoms with E-state index >= 15 is 0 Å². The van der Waals surface area contributed by atoms with E-state index in [1.54, 1.807) is 25.1 Å². The lowest BCUT2D eigenvalue weighted by Gasteiger charge is -2.24. The van der Waals surface area contributed by atoms with E-state index in [2.05, 4.69) is 15.3 Å². The lowest BCUT2D eigenvalue weighted by molar-refractivity contribution is -0.676. The molecule has 1 amide bonds. The van der Waals surface area contributed by atoms with Crippen LogP contribution < -0.4 is 20.7 Å². The number of para-hydroxylation sites is 1. The van der Waals surface area contributed by atoms with Gasteiger partial charge in [0.15, 0.2) is 11.7 Å². The first-order valence-corrected chi connectivity index (χ1v) is 9.83. The van der Waals surface area contributed by atoms with Crippen LogP contribution in [0.25, 0.3) is 11.2 Å². The number of nitrogens with two attached hydrogens (primary N) is 1. The van der Waals surface area contributed by atoms with Crippen molar-refractivity contribution >= 4 is 28.6 Å². The molecule has 4 N–H and O–H groups in total. The Hall–Kier alpha value is -3.68. The number of hydrogen-bond acceptors (Lipinski definition) is 9. The molecule has 0 bridgehead atoms. The molecule has 0 spiro atoms. The van der Waals surface area contributed by atoms with Crippen molar-refractivity contribution in [2.75, 3.05) is 12.3 Å². The molecule has 13 nitrogen and oxygen atoms in total. The summed E-state index contributed by atoms with van der Waals surface area (Å²) in [5.74, 6) is -0.424. The van der Waals surface area contributed by atoms with Gasteiger partial charge in [0.2, 0.25) is 17.9 Å². The van der Waals surface area contributed by atoms with Crippen molar-refractivity contribution in [3.63, 3.8) is 0 Å². The van der Waals surface area contributed by atoms with Gasteiger partial charge in [0.05, 0.1) is 16.6 Å². The molecule has 13 heteroatoms. The van der Waals surface area contributed by atoms with Gasteiger partial charge in [-0.15, -0.1) is 0 Å². The number of hydrogen-bond donors (Lipinski definition) is 3. The number of carbonyl (C=O) groups is 1. The number of nitro groups is 1. The highest BCUT2D eigenvalue weighted by atomic mass is 16.6. The van der Waals surface area contributed by atoms with Crippen LogP contribution in [0, 0.1) is 10.1 Å². The Labute approximate surface area is 181 Å². The Morgan fingerprint density at radius 2 is 2.16 bits per heavy atom. The number of benzene rings is 1. The summed E-state index contributed by atoms with van der Waals surface area (Å²) in [6, 6.07) is 6.27. The number of ether oxygens (including phenoxy) is 1. The first kappa shape index (κ1) is 21.5. The number of carbonyl (C=O) groups excluding carboxylic acids is 1. The number of aliphatic hydroxyl groups excluding tert-OH is 1. The molecule has 0 unspecified atom stereocenters. The number of anilines is 1. The van der Waals surface area contributed by atoms with Crippen molar-refractivity contribution in [2.45, 2.75) is 38.0 Å². The van der Waals surface area contributed by atoms with Crippen molar-refractivity contribution in [1.82, 2.24) is 19.9 Å². The topological polar surface area (TPSA) is 185 Å². The molecule has 1 aliphatic heterocycles. The van der Waals surface area contributed by atoms with Crippen LogP contribution in [0.15, 0.2) is 36.9 Å². The molecule has 1 aliphatic rings. The van der Waals surface area contributed by atoms with E-state index in [4.69, 9.17) is 10.5 Å². The average Bonchev–Trinajstić information content (AvgIpc) is 3.32. The monoisotopic (exact) mass is 443 g/mol. The van der Waals surface area contributed by atoms with Crippen LogP contribution in [0.2, 0.25) is 0 Å². The maximum absolute atomic E-state index is 12.4. The second-order valence-corrected chi connectivity index (χ2v) is 7.26. The van der Waals surface area contributed by atoms with Gasteiger partial charge in [0, 0.05) is 12.6 Å². The van der Waals surface area contributed by atoms with Crippen LogP contribution in [0.3, 0.4) is 0 Å². The van der Waals surface area contributed by atoms with Gasteiger partial charge in [0.1, 0.15) is 19.0 Å². The van der Waals surface area contributed by atoms with Crippen LogP contribution >= 0.6 is 0 Å². The van der Waals surface area contributed by atoms with E-state index in [0.29, 0.717) is 12.1 Å². The number of amides is 1. The zero-order valence-corrected chi connectivity index (χ0v) is 17.0. The second-order valence-electron chi connectivity index (χ2n) is 7.26. The maximum Gasteiger partial charge on any atom is 0.275 e. The molecule has 2 aromatic heterocycles. The quantitative estimate of drug-likeness (QED) is 0.229. The maximum atomic E-state index is 12.4. The Balaban J connectivity index is 1.66. The Morgan fingerprint density at radius 1 is 1.41 bits per heavy atom. The van der Waals surface area contributed by atoms with Crippen molar-refractivity contribution < 1.29 is 29.2 Å². The highest BCUT2D eigenvalue weighted by molar-refractivity contribution is 5.82. The smallest absolute Gasteiger partial charge is 0.275 e. The van der Waals surface area contributed by atoms with Crippen LogP contribution in [-0.2, 0) is 16.1 Å². The van der Waals surface area contributed by atoms with E-state index in [1.165, 1.54) is 27.9 Å². The zero-order valence-electron chi connectivity index (χ0n) is 17.0. The molecule has 0 aliphatic carbocycles. The molecule has 1 fully saturated rings. The molecule has 1 saturated heterocycles. The number of imidazole rings is 1. The molecular formula is C19H21N7O6. The minimum Gasteiger partial charge on any atom is -0.848 e. The number of nitrogen functional groups attached to an aromatic ring is 1. The largest absolute Gasteiger partial charge is 0.848 e. The fraction of sp³-hybridized carbons (Fsp3) is 0.368. The zero-order chi connectivity index (χ0) is 23.0. The van der Waals surface area contributed by atoms with Gasteiger partial charge in [-0.25, -0.2) is 9.55 Å². The highest BCUT2D eigenvalue weighted by Gasteiger charge is 2.43. The Bertz CT molecular complexity index is 1180. The number of fused-ring (bicyclic) bond motifs is 1. The van der Waals surface area contributed by atoms with Crippen molar-refractivity contribution in [3.05, 3.63) is 52.6 Å². The first-order chi connectivity index (χ1) is 15.3. The summed E-state index contributed by atoms with van der Waals surface area (Å²) >= 11 is 0. The summed E-state index contributed by atoms with van der Waals surface area (Å²) in [4.78, 5) is 31.4. The van der Waals surface area contributed by atoms with E-state index in [-0.39, 0.29) is 29.2 Å². The predicted molar refractivity (Wildman–Crippen MR) is 107 cm³/mol. The Kier molecular flexibility index (Phi) is 5.69. The summed E-state index contributed by atoms with van der Waals surface area (Å²) < 4.78 is 8.39. The number of nitrogens with zero attached hydrogens (tertiary/aromatic N) is 5. The normalized spacial score (nSPS) is 22.8. The summed E-state index contributed by atoms with van der Waals surface area (Å²) in [7, 11) is 0. The average molecular weight is 443 g/mol. The number of nitrogens with one attached hydrogen (secondary N) is 1. The van der Waals surface area contributed by atoms with Crippen LogP contribution in [0.4, 0.5) is 11.5 Å². The van der Waals surface area contributed by atoms with Gasteiger partial charge >= 0.3 is 0 Å². The van der Waals surface area contributed by atoms with Crippen molar-refractivity contribution in [1.29, 1.82) is 0 Å². The van der Waals surface area contributed by atoms with Gasteiger partial charge < -0.3 is 26.0 Å². The molecule has 168 valence electrons. The van der Waals surface area contributed by atoms with Gasteiger partial charge in [0.25, 0.3) is 11.5 Å². The molecule has 3 aromatic rings. The molecule has 0 saturated carbocycles. The van der Waals surface area contributed by atoms with E-state index in [0.717, 1.165) is 0 Å². The van der Waals surface area contributed by atoms with Crippen LogP contribution in [-0.4, -0.2) is 55.3 Å². The minimum absolute atomic E-state index is 0.0506.